The van der Waals surface area contributed by atoms with E-state index in [0.29, 0.717) is 9.13 Å². The number of benzene rings is 3. The molecule has 3 aromatic carbocycles. The van der Waals surface area contributed by atoms with E-state index >= 15 is 0 Å². The van der Waals surface area contributed by atoms with Gasteiger partial charge in [0, 0.05) is 39.1 Å². The van der Waals surface area contributed by atoms with Gasteiger partial charge < -0.3 is 24.6 Å². The monoisotopic (exact) mass is 1130 g/mol. The number of phenols is 1. The van der Waals surface area contributed by atoms with Crippen molar-refractivity contribution in [2.45, 2.75) is 32.3 Å². The lowest BCUT2D eigenvalue weighted by Gasteiger charge is -2.35. The second kappa shape index (κ2) is 14.7. The van der Waals surface area contributed by atoms with Gasteiger partial charge in [-0.3, -0.25) is 0 Å². The number of ether oxygens (including phenoxy) is 3. The first-order chi connectivity index (χ1) is 19.7. The minimum absolute atomic E-state index is 0.00781. The number of carbonyl (C=O) groups is 3. The van der Waals surface area contributed by atoms with Gasteiger partial charge in [0.15, 0.2) is 0 Å². The number of rotatable bonds is 7. The maximum absolute atomic E-state index is 13.4. The van der Waals surface area contributed by atoms with Crippen LogP contribution in [0.15, 0.2) is 42.5 Å². The number of aromatic hydroxyl groups is 1. The van der Waals surface area contributed by atoms with Crippen LogP contribution in [0.25, 0.3) is 0 Å². The topological polar surface area (TPSA) is 116 Å². The van der Waals surface area contributed by atoms with E-state index in [9.17, 15) is 19.5 Å². The molecule has 0 radical (unpaired) electrons. The molecular weight excluding hydrogens is 1110 g/mol. The Bertz CT molecular complexity index is 1460. The van der Waals surface area contributed by atoms with Gasteiger partial charge in [-0.2, -0.15) is 0 Å². The molecule has 0 amide bonds. The third-order valence-electron chi connectivity index (χ3n) is 6.78. The number of hydrogen-bond acceptors (Lipinski definition) is 7. The van der Waals surface area contributed by atoms with Crippen LogP contribution < -0.4 is 14.8 Å². The molecule has 3 N–H and O–H groups in total. The number of nitrogens with two attached hydrogens (primary N) is 1. The summed E-state index contributed by atoms with van der Waals surface area (Å²) in [6.07, 6.45) is 1.85. The smallest absolute Gasteiger partial charge is 0.347 e. The summed E-state index contributed by atoms with van der Waals surface area (Å²) in [5.41, 5.74) is -0.332. The number of halogens is 5. The summed E-state index contributed by atoms with van der Waals surface area (Å²) < 4.78 is 21.0. The van der Waals surface area contributed by atoms with Crippen molar-refractivity contribution < 1.29 is 39.0 Å². The fourth-order valence-electron chi connectivity index (χ4n) is 4.56. The van der Waals surface area contributed by atoms with Gasteiger partial charge in [0.05, 0.1) is 27.8 Å². The molecule has 0 atom stereocenters. The van der Waals surface area contributed by atoms with Crippen molar-refractivity contribution in [3.8, 4) is 17.2 Å². The highest BCUT2D eigenvalue weighted by Crippen LogP contribution is 2.33. The van der Waals surface area contributed by atoms with Crippen molar-refractivity contribution in [2.75, 3.05) is 13.1 Å². The third kappa shape index (κ3) is 8.59. The van der Waals surface area contributed by atoms with E-state index in [0.717, 1.165) is 40.2 Å². The van der Waals surface area contributed by atoms with Crippen LogP contribution in [-0.4, -0.2) is 41.7 Å². The summed E-state index contributed by atoms with van der Waals surface area (Å²) in [5.74, 6) is -2.13. The SMILES string of the molecule is CC(C)(OC(=O)c1cc(OC(=O)c2cc(I)cc(I)c2O)cc(OC(=O)c2cc(I)cc(I)c2I)c1)C1CC[NH2+]CC1. The highest BCUT2D eigenvalue weighted by atomic mass is 127. The number of quaternary nitrogens is 1. The standard InChI is InChI=1S/C29H24I5NO7/c1-29(2,15-3-5-35-6-4-15)42-26(37)14-7-18(40-27(38)20-9-16(30)11-22(32)24(20)34)13-19(8-14)41-28(39)21-10-17(31)12-23(33)25(21)36/h7-13,15,35-36H,3-6H2,1-2H3/p+1. The first-order valence-electron chi connectivity index (χ1n) is 12.7. The van der Waals surface area contributed by atoms with Crippen molar-refractivity contribution in [1.82, 2.24) is 0 Å². The first-order valence-corrected chi connectivity index (χ1v) is 18.1. The predicted molar refractivity (Wildman–Crippen MR) is 198 cm³/mol. The predicted octanol–water partition coefficient (Wildman–Crippen LogP) is 6.76. The summed E-state index contributed by atoms with van der Waals surface area (Å²) in [7, 11) is 0. The highest BCUT2D eigenvalue weighted by molar-refractivity contribution is 14.1. The van der Waals surface area contributed by atoms with Gasteiger partial charge >= 0.3 is 17.9 Å². The lowest BCUT2D eigenvalue weighted by Crippen LogP contribution is -2.86. The molecule has 1 aliphatic rings. The fourth-order valence-corrected chi connectivity index (χ4v) is 8.78. The maximum atomic E-state index is 13.4. The molecule has 42 heavy (non-hydrogen) atoms. The number of phenolic OH excluding ortho intramolecular Hbond substituents is 1. The number of piperidine rings is 1. The van der Waals surface area contributed by atoms with Crippen LogP contribution in [0, 0.1) is 23.8 Å². The van der Waals surface area contributed by atoms with Crippen LogP contribution in [0.4, 0.5) is 0 Å². The van der Waals surface area contributed by atoms with Crippen LogP contribution in [0.5, 0.6) is 17.2 Å². The molecule has 1 saturated heterocycles. The number of hydrogen-bond donors (Lipinski definition) is 2. The molecule has 0 aliphatic carbocycles. The van der Waals surface area contributed by atoms with E-state index in [1.54, 1.807) is 12.1 Å². The second-order valence-electron chi connectivity index (χ2n) is 10.1. The Hall–Kier alpha value is -0.520. The summed E-state index contributed by atoms with van der Waals surface area (Å²) in [4.78, 5) is 39.8. The van der Waals surface area contributed by atoms with Crippen molar-refractivity contribution >= 4 is 131 Å². The zero-order valence-corrected chi connectivity index (χ0v) is 33.1. The van der Waals surface area contributed by atoms with Crippen molar-refractivity contribution in [3.63, 3.8) is 0 Å². The first kappa shape index (κ1) is 34.4. The zero-order valence-electron chi connectivity index (χ0n) is 22.3. The minimum atomic E-state index is -0.827. The number of carbonyl (C=O) groups excluding carboxylic acids is 3. The molecule has 0 spiro atoms. The molecule has 0 bridgehead atoms. The Balaban J connectivity index is 1.68. The van der Waals surface area contributed by atoms with E-state index in [4.69, 9.17) is 14.2 Å². The van der Waals surface area contributed by atoms with Crippen molar-refractivity contribution in [3.05, 3.63) is 77.0 Å². The van der Waals surface area contributed by atoms with Crippen LogP contribution in [0.1, 0.15) is 57.8 Å². The molecule has 1 aliphatic heterocycles. The lowest BCUT2D eigenvalue weighted by molar-refractivity contribution is -0.665. The van der Waals surface area contributed by atoms with Gasteiger partial charge in [-0.1, -0.05) is 0 Å². The summed E-state index contributed by atoms with van der Waals surface area (Å²) in [6.45, 7) is 5.73. The Kier molecular flexibility index (Phi) is 12.0. The molecule has 1 fully saturated rings. The number of esters is 3. The molecule has 3 aromatic rings. The molecule has 4 rings (SSSR count). The van der Waals surface area contributed by atoms with Crippen LogP contribution >= 0.6 is 113 Å². The summed E-state index contributed by atoms with van der Waals surface area (Å²) in [5, 5.41) is 12.7. The molecule has 222 valence electrons. The fraction of sp³-hybridized carbons (Fsp3) is 0.276. The van der Waals surface area contributed by atoms with Gasteiger partial charge in [0.2, 0.25) is 0 Å². The Morgan fingerprint density at radius 3 is 1.88 bits per heavy atom. The van der Waals surface area contributed by atoms with E-state index < -0.39 is 23.5 Å². The van der Waals surface area contributed by atoms with E-state index in [2.05, 4.69) is 73.1 Å². The molecule has 0 unspecified atom stereocenters. The van der Waals surface area contributed by atoms with E-state index in [1.165, 1.54) is 24.3 Å². The molecule has 13 heteroatoms. The molecular formula is C29H25I5NO7+. The zero-order chi connectivity index (χ0) is 30.8. The normalized spacial score (nSPS) is 13.9. The van der Waals surface area contributed by atoms with Gasteiger partial charge in [0.1, 0.15) is 28.4 Å². The minimum Gasteiger partial charge on any atom is -0.506 e. The summed E-state index contributed by atoms with van der Waals surface area (Å²) in [6, 6.07) is 11.0. The molecule has 0 saturated carbocycles. The Morgan fingerprint density at radius 2 is 1.29 bits per heavy atom. The average molecular weight is 1130 g/mol. The van der Waals surface area contributed by atoms with Crippen LogP contribution in [0.3, 0.4) is 0 Å². The van der Waals surface area contributed by atoms with Gasteiger partial charge in [-0.15, -0.1) is 0 Å². The highest BCUT2D eigenvalue weighted by Gasteiger charge is 2.36. The van der Waals surface area contributed by atoms with E-state index in [1.807, 2.05) is 65.1 Å². The van der Waals surface area contributed by atoms with Crippen molar-refractivity contribution in [1.29, 1.82) is 0 Å². The maximum Gasteiger partial charge on any atom is 0.347 e. The largest absolute Gasteiger partial charge is 0.506 e. The van der Waals surface area contributed by atoms with Gasteiger partial charge in [0.25, 0.3) is 0 Å². The molecule has 1 heterocycles. The molecule has 8 nitrogen and oxygen atoms in total. The lowest BCUT2D eigenvalue weighted by atomic mass is 9.83. The average Bonchev–Trinajstić information content (AvgIpc) is 2.92. The van der Waals surface area contributed by atoms with Crippen LogP contribution in [-0.2, 0) is 4.74 Å². The van der Waals surface area contributed by atoms with Crippen molar-refractivity contribution in [2.24, 2.45) is 5.92 Å². The quantitative estimate of drug-likeness (QED) is 0.116. The second-order valence-corrected chi connectivity index (χ2v) is 16.0. The Morgan fingerprint density at radius 1 is 0.762 bits per heavy atom. The third-order valence-corrected chi connectivity index (χ3v) is 11.9. The summed E-state index contributed by atoms with van der Waals surface area (Å²) >= 11 is 10.3. The van der Waals surface area contributed by atoms with Gasteiger partial charge in [-0.25, -0.2) is 14.4 Å². The Labute approximate surface area is 311 Å². The van der Waals surface area contributed by atoms with Gasteiger partial charge in [-0.05, 0) is 163 Å². The van der Waals surface area contributed by atoms with E-state index in [-0.39, 0.29) is 34.3 Å². The molecule has 0 aromatic heterocycles. The van der Waals surface area contributed by atoms with Crippen LogP contribution in [0.2, 0.25) is 0 Å².